The molecule has 0 radical (unpaired) electrons. The van der Waals surface area contributed by atoms with Crippen LogP contribution < -0.4 is 0 Å². The summed E-state index contributed by atoms with van der Waals surface area (Å²) in [6.45, 7) is 0. The van der Waals surface area contributed by atoms with E-state index < -0.39 is 0 Å². The summed E-state index contributed by atoms with van der Waals surface area (Å²) in [4.78, 5) is 20.2. The minimum Gasteiger partial charge on any atom is -0.332 e. The van der Waals surface area contributed by atoms with Crippen LogP contribution in [0, 0.1) is 0 Å². The minimum atomic E-state index is 0.237. The Labute approximate surface area is 170 Å². The van der Waals surface area contributed by atoms with Gasteiger partial charge in [-0.15, -0.1) is 11.3 Å². The van der Waals surface area contributed by atoms with E-state index in [0.717, 1.165) is 42.8 Å². The van der Waals surface area contributed by atoms with Crippen LogP contribution in [0.1, 0.15) is 52.7 Å². The number of carbonyl (C=O) groups excluding carboxylic acids is 1. The summed E-state index contributed by atoms with van der Waals surface area (Å²) in [5, 5.41) is 3.14. The molecule has 3 nitrogen and oxygen atoms in total. The Hall–Kier alpha value is -2.46. The molecule has 3 aromatic rings. The van der Waals surface area contributed by atoms with Gasteiger partial charge in [0.1, 0.15) is 0 Å². The maximum atomic E-state index is 13.2. The Balaban J connectivity index is 1.30. The number of nitrogens with zero attached hydrogens (tertiary/aromatic N) is 2. The van der Waals surface area contributed by atoms with Crippen molar-refractivity contribution in [3.8, 4) is 0 Å². The van der Waals surface area contributed by atoms with Crippen molar-refractivity contribution in [2.45, 2.75) is 50.6 Å². The summed E-state index contributed by atoms with van der Waals surface area (Å²) in [7, 11) is 0. The molecule has 28 heavy (non-hydrogen) atoms. The van der Waals surface area contributed by atoms with Gasteiger partial charge in [-0.1, -0.05) is 54.6 Å². The number of rotatable bonds is 6. The van der Waals surface area contributed by atoms with E-state index >= 15 is 0 Å². The number of thiazole rings is 1. The first-order valence-electron chi connectivity index (χ1n) is 10.1. The first-order chi connectivity index (χ1) is 13.8. The number of benzene rings is 2. The second-order valence-corrected chi connectivity index (χ2v) is 8.80. The van der Waals surface area contributed by atoms with Gasteiger partial charge in [0.15, 0.2) is 0 Å². The molecular weight excluding hydrogens is 364 g/mol. The molecule has 1 aromatic heterocycles. The van der Waals surface area contributed by atoms with E-state index in [0.29, 0.717) is 12.5 Å². The van der Waals surface area contributed by atoms with E-state index in [4.69, 9.17) is 4.98 Å². The number of aryl methyl sites for hydroxylation is 1. The smallest absolute Gasteiger partial charge is 0.229 e. The first-order valence-corrected chi connectivity index (χ1v) is 11.0. The van der Waals surface area contributed by atoms with Crippen LogP contribution in [0.5, 0.6) is 0 Å². The lowest BCUT2D eigenvalue weighted by atomic mass is 10.1. The molecule has 0 saturated heterocycles. The van der Waals surface area contributed by atoms with Crippen molar-refractivity contribution in [1.82, 2.24) is 9.88 Å². The lowest BCUT2D eigenvalue weighted by Gasteiger charge is -2.30. The third-order valence-electron chi connectivity index (χ3n) is 5.80. The van der Waals surface area contributed by atoms with Gasteiger partial charge >= 0.3 is 0 Å². The quantitative estimate of drug-likeness (QED) is 0.598. The Kier molecular flexibility index (Phi) is 4.73. The lowest BCUT2D eigenvalue weighted by Crippen LogP contribution is -2.37. The molecule has 2 aliphatic rings. The highest BCUT2D eigenvalue weighted by Gasteiger charge is 2.40. The zero-order valence-corrected chi connectivity index (χ0v) is 16.7. The molecule has 142 valence electrons. The van der Waals surface area contributed by atoms with Crippen LogP contribution in [-0.2, 0) is 24.1 Å². The van der Waals surface area contributed by atoms with E-state index in [2.05, 4.69) is 58.8 Å². The summed E-state index contributed by atoms with van der Waals surface area (Å²) in [6.07, 6.45) is 5.66. The van der Waals surface area contributed by atoms with Gasteiger partial charge in [0, 0.05) is 17.8 Å². The fourth-order valence-electron chi connectivity index (χ4n) is 4.34. The molecule has 0 N–H and O–H groups in total. The number of fused-ring (bicyclic) bond motifs is 1. The first kappa shape index (κ1) is 17.6. The fourth-order valence-corrected chi connectivity index (χ4v) is 5.16. The predicted molar refractivity (Wildman–Crippen MR) is 112 cm³/mol. The molecule has 1 amide bonds. The van der Waals surface area contributed by atoms with Crippen molar-refractivity contribution in [3.63, 3.8) is 0 Å². The maximum absolute atomic E-state index is 13.2. The van der Waals surface area contributed by atoms with Crippen LogP contribution in [0.25, 0.3) is 0 Å². The molecule has 1 saturated carbocycles. The van der Waals surface area contributed by atoms with E-state index in [9.17, 15) is 4.79 Å². The monoisotopic (exact) mass is 388 g/mol. The van der Waals surface area contributed by atoms with Gasteiger partial charge in [0.2, 0.25) is 5.91 Å². The standard InChI is InChI=1S/C24H24N2OS/c27-24(15-19-16-28-23(25-19)14-17-6-2-1-3-7-17)26(20-11-12-20)22-13-10-18-8-4-5-9-21(18)22/h1-9,16,20,22H,10-15H2. The van der Waals surface area contributed by atoms with Crippen LogP contribution in [0.4, 0.5) is 0 Å². The van der Waals surface area contributed by atoms with Gasteiger partial charge in [0.25, 0.3) is 0 Å². The van der Waals surface area contributed by atoms with Crippen LogP contribution in [0.2, 0.25) is 0 Å². The molecule has 4 heteroatoms. The Morgan fingerprint density at radius 3 is 2.64 bits per heavy atom. The van der Waals surface area contributed by atoms with Gasteiger partial charge in [-0.2, -0.15) is 0 Å². The zero-order valence-electron chi connectivity index (χ0n) is 15.9. The Bertz CT molecular complexity index is 977. The van der Waals surface area contributed by atoms with Crippen molar-refractivity contribution < 1.29 is 4.79 Å². The molecule has 0 spiro atoms. The van der Waals surface area contributed by atoms with Crippen molar-refractivity contribution in [1.29, 1.82) is 0 Å². The average Bonchev–Trinajstić information content (AvgIpc) is 3.31. The molecule has 0 bridgehead atoms. The summed E-state index contributed by atoms with van der Waals surface area (Å²) in [5.41, 5.74) is 4.94. The van der Waals surface area contributed by atoms with E-state index in [1.165, 1.54) is 16.7 Å². The SMILES string of the molecule is O=C(Cc1csc(Cc2ccccc2)n1)N(C1CC1)C1CCc2ccccc21. The second-order valence-electron chi connectivity index (χ2n) is 7.86. The van der Waals surface area contributed by atoms with E-state index in [1.54, 1.807) is 11.3 Å². The Morgan fingerprint density at radius 2 is 1.82 bits per heavy atom. The normalized spacial score (nSPS) is 18.1. The van der Waals surface area contributed by atoms with Gasteiger partial charge in [-0.25, -0.2) is 4.98 Å². The molecule has 5 rings (SSSR count). The van der Waals surface area contributed by atoms with Crippen LogP contribution >= 0.6 is 11.3 Å². The average molecular weight is 389 g/mol. The van der Waals surface area contributed by atoms with Crippen molar-refractivity contribution in [2.75, 3.05) is 0 Å². The Morgan fingerprint density at radius 1 is 1.04 bits per heavy atom. The second kappa shape index (κ2) is 7.51. The summed E-state index contributed by atoms with van der Waals surface area (Å²) >= 11 is 1.66. The number of carbonyl (C=O) groups is 1. The zero-order chi connectivity index (χ0) is 18.9. The number of aromatic nitrogens is 1. The minimum absolute atomic E-state index is 0.237. The summed E-state index contributed by atoms with van der Waals surface area (Å²) in [6, 6.07) is 19.7. The number of hydrogen-bond acceptors (Lipinski definition) is 3. The van der Waals surface area contributed by atoms with Crippen LogP contribution in [0.3, 0.4) is 0 Å². The van der Waals surface area contributed by atoms with Gasteiger partial charge < -0.3 is 4.90 Å². The largest absolute Gasteiger partial charge is 0.332 e. The van der Waals surface area contributed by atoms with Crippen LogP contribution in [-0.4, -0.2) is 21.8 Å². The maximum Gasteiger partial charge on any atom is 0.229 e. The topological polar surface area (TPSA) is 33.2 Å². The molecule has 1 fully saturated rings. The molecule has 2 aliphatic carbocycles. The summed E-state index contributed by atoms with van der Waals surface area (Å²) < 4.78 is 0. The van der Waals surface area contributed by atoms with E-state index in [1.807, 2.05) is 6.07 Å². The highest BCUT2D eigenvalue weighted by molar-refractivity contribution is 7.09. The highest BCUT2D eigenvalue weighted by atomic mass is 32.1. The number of hydrogen-bond donors (Lipinski definition) is 0. The predicted octanol–water partition coefficient (Wildman–Crippen LogP) is 4.95. The molecule has 1 heterocycles. The van der Waals surface area contributed by atoms with Gasteiger partial charge in [-0.05, 0) is 42.4 Å². The molecule has 2 aromatic carbocycles. The highest BCUT2D eigenvalue weighted by Crippen LogP contribution is 2.42. The molecular formula is C24H24N2OS. The molecule has 1 unspecified atom stereocenters. The molecule has 0 aliphatic heterocycles. The van der Waals surface area contributed by atoms with Crippen LogP contribution in [0.15, 0.2) is 60.0 Å². The lowest BCUT2D eigenvalue weighted by molar-refractivity contribution is -0.133. The third kappa shape index (κ3) is 3.61. The van der Waals surface area contributed by atoms with Crippen molar-refractivity contribution in [2.24, 2.45) is 0 Å². The van der Waals surface area contributed by atoms with Crippen molar-refractivity contribution >= 4 is 17.2 Å². The third-order valence-corrected chi connectivity index (χ3v) is 6.69. The summed E-state index contributed by atoms with van der Waals surface area (Å²) in [5.74, 6) is 0.237. The van der Waals surface area contributed by atoms with Gasteiger partial charge in [0.05, 0.1) is 23.2 Å². The van der Waals surface area contributed by atoms with Crippen molar-refractivity contribution in [3.05, 3.63) is 87.4 Å². The van der Waals surface area contributed by atoms with E-state index in [-0.39, 0.29) is 11.9 Å². The van der Waals surface area contributed by atoms with Gasteiger partial charge in [-0.3, -0.25) is 4.79 Å². The fraction of sp³-hybridized carbons (Fsp3) is 0.333. The number of amides is 1. The molecule has 1 atom stereocenters.